The highest BCUT2D eigenvalue weighted by Gasteiger charge is 2.00. The quantitative estimate of drug-likeness (QED) is 0.545. The Hall–Kier alpha value is -1.61. The molecule has 0 spiro atoms. The Bertz CT molecular complexity index is 509. The Morgan fingerprint density at radius 3 is 2.62 bits per heavy atom. The van der Waals surface area contributed by atoms with Gasteiger partial charge in [0.05, 0.1) is 11.4 Å². The van der Waals surface area contributed by atoms with Gasteiger partial charge in [0.25, 0.3) is 0 Å². The first-order valence-electron chi connectivity index (χ1n) is 5.00. The van der Waals surface area contributed by atoms with E-state index in [-0.39, 0.29) is 0 Å². The number of aryl methyl sites for hydroxylation is 1. The van der Waals surface area contributed by atoms with Gasteiger partial charge in [0.15, 0.2) is 0 Å². The molecule has 3 heteroatoms. The molecule has 0 aliphatic carbocycles. The van der Waals surface area contributed by atoms with Crippen molar-refractivity contribution in [2.45, 2.75) is 11.8 Å². The van der Waals surface area contributed by atoms with Crippen molar-refractivity contribution in [1.29, 1.82) is 0 Å². The molecule has 2 nitrogen and oxygen atoms in total. The predicted octanol–water partition coefficient (Wildman–Crippen LogP) is 3.41. The maximum absolute atomic E-state index is 5.84. The van der Waals surface area contributed by atoms with Crippen LogP contribution in [0.1, 0.15) is 5.56 Å². The second-order valence-corrected chi connectivity index (χ2v) is 4.08. The fourth-order valence-corrected chi connectivity index (χ4v) is 1.55. The number of nitrogen functional groups attached to an aromatic ring is 1. The molecule has 2 aromatic carbocycles. The van der Waals surface area contributed by atoms with Crippen molar-refractivity contribution in [2.24, 2.45) is 0 Å². The molecule has 0 saturated carbocycles. The molecular formula is C13H13N2S. The molecule has 2 rings (SSSR count). The minimum atomic E-state index is 0.725. The van der Waals surface area contributed by atoms with Crippen LogP contribution in [0.3, 0.4) is 0 Å². The van der Waals surface area contributed by atoms with Gasteiger partial charge in [0.2, 0.25) is 0 Å². The maximum atomic E-state index is 5.84. The lowest BCUT2D eigenvalue weighted by molar-refractivity contribution is 1.30. The molecule has 0 unspecified atom stereocenters. The van der Waals surface area contributed by atoms with Crippen molar-refractivity contribution in [2.75, 3.05) is 11.1 Å². The molecule has 0 bridgehead atoms. The lowest BCUT2D eigenvalue weighted by atomic mass is 10.2. The van der Waals surface area contributed by atoms with Crippen molar-refractivity contribution in [3.8, 4) is 0 Å². The summed E-state index contributed by atoms with van der Waals surface area (Å²) in [5, 5.41) is 3.23. The van der Waals surface area contributed by atoms with Crippen LogP contribution in [0.5, 0.6) is 0 Å². The normalized spacial score (nSPS) is 10.1. The van der Waals surface area contributed by atoms with Gasteiger partial charge in [-0.2, -0.15) is 0 Å². The van der Waals surface area contributed by atoms with Crippen LogP contribution in [0.25, 0.3) is 0 Å². The Morgan fingerprint density at radius 2 is 1.94 bits per heavy atom. The number of nitrogens with one attached hydrogen (secondary N) is 1. The fraction of sp³-hybridized carbons (Fsp3) is 0.0769. The predicted molar refractivity (Wildman–Crippen MR) is 71.4 cm³/mol. The van der Waals surface area contributed by atoms with E-state index >= 15 is 0 Å². The average Bonchev–Trinajstić information content (AvgIpc) is 2.27. The highest BCUT2D eigenvalue weighted by atomic mass is 32.1. The van der Waals surface area contributed by atoms with Crippen LogP contribution < -0.4 is 11.1 Å². The Kier molecular flexibility index (Phi) is 3.06. The maximum Gasteiger partial charge on any atom is 0.0618 e. The van der Waals surface area contributed by atoms with E-state index in [1.54, 1.807) is 0 Å². The van der Waals surface area contributed by atoms with E-state index in [1.807, 2.05) is 43.3 Å². The second kappa shape index (κ2) is 4.49. The van der Waals surface area contributed by atoms with Gasteiger partial charge in [-0.05, 0) is 36.8 Å². The molecule has 0 aromatic heterocycles. The molecular weight excluding hydrogens is 216 g/mol. The third kappa shape index (κ3) is 2.31. The van der Waals surface area contributed by atoms with Crippen molar-refractivity contribution < 1.29 is 0 Å². The Labute approximate surface area is 101 Å². The van der Waals surface area contributed by atoms with E-state index in [4.69, 9.17) is 5.73 Å². The summed E-state index contributed by atoms with van der Waals surface area (Å²) in [5.41, 5.74) is 9.38. The van der Waals surface area contributed by atoms with Crippen molar-refractivity contribution in [1.82, 2.24) is 0 Å². The molecule has 0 aliphatic rings. The highest BCUT2D eigenvalue weighted by Crippen LogP contribution is 2.24. The highest BCUT2D eigenvalue weighted by molar-refractivity contribution is 7.80. The number of benzene rings is 2. The number of anilines is 3. The van der Waals surface area contributed by atoms with Crippen LogP contribution in [0.4, 0.5) is 17.1 Å². The number of hydrogen-bond acceptors (Lipinski definition) is 3. The van der Waals surface area contributed by atoms with Crippen molar-refractivity contribution in [3.63, 3.8) is 0 Å². The zero-order chi connectivity index (χ0) is 11.5. The summed E-state index contributed by atoms with van der Waals surface area (Å²) < 4.78 is 0. The van der Waals surface area contributed by atoms with E-state index in [0.29, 0.717) is 0 Å². The molecule has 16 heavy (non-hydrogen) atoms. The first-order chi connectivity index (χ1) is 7.66. The van der Waals surface area contributed by atoms with Crippen LogP contribution in [-0.2, 0) is 0 Å². The summed E-state index contributed by atoms with van der Waals surface area (Å²) in [7, 11) is 0. The third-order valence-corrected chi connectivity index (χ3v) is 2.83. The summed E-state index contributed by atoms with van der Waals surface area (Å²) in [5.74, 6) is 0. The zero-order valence-corrected chi connectivity index (χ0v) is 9.88. The van der Waals surface area contributed by atoms with E-state index in [2.05, 4.69) is 24.0 Å². The number of rotatable bonds is 2. The first-order valence-corrected chi connectivity index (χ1v) is 5.45. The number of thiol groups is 1. The minimum Gasteiger partial charge on any atom is -0.397 e. The SMILES string of the molecule is Cc1[c]c(Nc2ccccc2N)ccc1S. The van der Waals surface area contributed by atoms with Crippen molar-refractivity contribution >= 4 is 29.7 Å². The monoisotopic (exact) mass is 229 g/mol. The topological polar surface area (TPSA) is 38.0 Å². The summed E-state index contributed by atoms with van der Waals surface area (Å²) in [6, 6.07) is 14.7. The van der Waals surface area contributed by atoms with Crippen LogP contribution in [-0.4, -0.2) is 0 Å². The molecule has 1 radical (unpaired) electrons. The molecule has 0 fully saturated rings. The fourth-order valence-electron chi connectivity index (χ4n) is 1.42. The van der Waals surface area contributed by atoms with Crippen LogP contribution in [0, 0.1) is 13.0 Å². The molecule has 0 saturated heterocycles. The Balaban J connectivity index is 2.28. The lowest BCUT2D eigenvalue weighted by Crippen LogP contribution is -1.96. The molecule has 2 aromatic rings. The van der Waals surface area contributed by atoms with Gasteiger partial charge in [-0.25, -0.2) is 0 Å². The molecule has 81 valence electrons. The van der Waals surface area contributed by atoms with Gasteiger partial charge in [-0.1, -0.05) is 12.1 Å². The van der Waals surface area contributed by atoms with Crippen molar-refractivity contribution in [3.05, 3.63) is 48.0 Å². The van der Waals surface area contributed by atoms with Crippen LogP contribution in [0.15, 0.2) is 41.3 Å². The third-order valence-electron chi connectivity index (χ3n) is 2.34. The minimum absolute atomic E-state index is 0.725. The van der Waals surface area contributed by atoms with E-state index in [9.17, 15) is 0 Å². The standard InChI is InChI=1S/C13H13N2S/c1-9-8-10(6-7-13(9)16)15-12-5-3-2-4-11(12)14/h2-7,15-16H,14H2,1H3. The van der Waals surface area contributed by atoms with E-state index in [0.717, 1.165) is 27.5 Å². The average molecular weight is 229 g/mol. The van der Waals surface area contributed by atoms with Gasteiger partial charge >= 0.3 is 0 Å². The zero-order valence-electron chi connectivity index (χ0n) is 8.99. The molecule has 0 atom stereocenters. The summed E-state index contributed by atoms with van der Waals surface area (Å²) in [6.45, 7) is 1.97. The summed E-state index contributed by atoms with van der Waals surface area (Å²) in [6.07, 6.45) is 0. The van der Waals surface area contributed by atoms with E-state index in [1.165, 1.54) is 0 Å². The molecule has 0 heterocycles. The van der Waals surface area contributed by atoms with Gasteiger partial charge in [-0.3, -0.25) is 0 Å². The first kappa shape index (κ1) is 10.9. The largest absolute Gasteiger partial charge is 0.397 e. The van der Waals surface area contributed by atoms with E-state index < -0.39 is 0 Å². The van der Waals surface area contributed by atoms with Gasteiger partial charge < -0.3 is 11.1 Å². The van der Waals surface area contributed by atoms with Gasteiger partial charge in [-0.15, -0.1) is 12.6 Å². The lowest BCUT2D eigenvalue weighted by Gasteiger charge is -2.09. The number of para-hydroxylation sites is 2. The van der Waals surface area contributed by atoms with Gasteiger partial charge in [0, 0.05) is 16.6 Å². The summed E-state index contributed by atoms with van der Waals surface area (Å²) in [4.78, 5) is 0.937. The molecule has 0 aliphatic heterocycles. The molecule has 3 N–H and O–H groups in total. The number of nitrogens with two attached hydrogens (primary N) is 1. The van der Waals surface area contributed by atoms with Crippen LogP contribution >= 0.6 is 12.6 Å². The Morgan fingerprint density at radius 1 is 1.19 bits per heavy atom. The van der Waals surface area contributed by atoms with Gasteiger partial charge in [0.1, 0.15) is 0 Å². The molecule has 0 amide bonds. The smallest absolute Gasteiger partial charge is 0.0618 e. The number of hydrogen-bond donors (Lipinski definition) is 3. The van der Waals surface area contributed by atoms with Crippen LogP contribution in [0.2, 0.25) is 0 Å². The second-order valence-electron chi connectivity index (χ2n) is 3.59. The summed E-state index contributed by atoms with van der Waals surface area (Å²) >= 11 is 4.31.